The second-order valence-corrected chi connectivity index (χ2v) is 4.46. The maximum absolute atomic E-state index is 6.21. The van der Waals surface area contributed by atoms with E-state index in [1.807, 2.05) is 43.5 Å². The Balaban J connectivity index is 2.06. The number of hydrogen-bond acceptors (Lipinski definition) is 2. The summed E-state index contributed by atoms with van der Waals surface area (Å²) in [4.78, 5) is 0. The summed E-state index contributed by atoms with van der Waals surface area (Å²) in [7, 11) is 0. The minimum Gasteiger partial charge on any atom is -0.359 e. The van der Waals surface area contributed by atoms with Gasteiger partial charge in [-0.3, -0.25) is 0 Å². The fourth-order valence-electron chi connectivity index (χ4n) is 2.00. The molecule has 17 heavy (non-hydrogen) atoms. The number of rotatable bonds is 2. The normalized spacial score (nSPS) is 11.2. The molecule has 3 aromatic rings. The number of nitrogens with zero attached hydrogens (tertiary/aromatic N) is 2. The van der Waals surface area contributed by atoms with Gasteiger partial charge >= 0.3 is 0 Å². The highest BCUT2D eigenvalue weighted by Gasteiger charge is 2.07. The molecule has 0 spiro atoms. The van der Waals surface area contributed by atoms with Gasteiger partial charge in [-0.15, -0.1) is 0 Å². The Labute approximate surface area is 104 Å². The number of halogens is 1. The van der Waals surface area contributed by atoms with Gasteiger partial charge in [0, 0.05) is 17.6 Å². The molecule has 0 aliphatic heterocycles. The van der Waals surface area contributed by atoms with Crippen molar-refractivity contribution >= 4 is 22.5 Å². The van der Waals surface area contributed by atoms with Gasteiger partial charge in [-0.2, -0.15) is 0 Å². The first kappa shape index (κ1) is 10.4. The van der Waals surface area contributed by atoms with Crippen LogP contribution in [0.1, 0.15) is 11.5 Å². The minimum absolute atomic E-state index is 0.647. The summed E-state index contributed by atoms with van der Waals surface area (Å²) in [5.41, 5.74) is 1.92. The van der Waals surface area contributed by atoms with Crippen LogP contribution in [0.3, 0.4) is 0 Å². The second kappa shape index (κ2) is 3.93. The van der Waals surface area contributed by atoms with Gasteiger partial charge in [0.1, 0.15) is 0 Å². The first-order valence-corrected chi connectivity index (χ1v) is 5.77. The van der Waals surface area contributed by atoms with Crippen LogP contribution in [-0.2, 0) is 6.54 Å². The average Bonchev–Trinajstić information content (AvgIpc) is 2.88. The molecule has 0 saturated carbocycles. The fraction of sp³-hybridized carbons (Fsp3) is 0.154. The third-order valence-electron chi connectivity index (χ3n) is 2.74. The number of para-hydroxylation sites is 1. The van der Waals surface area contributed by atoms with Crippen molar-refractivity contribution in [3.05, 3.63) is 53.0 Å². The van der Waals surface area contributed by atoms with E-state index in [9.17, 15) is 0 Å². The summed E-state index contributed by atoms with van der Waals surface area (Å²) < 4.78 is 7.28. The number of aryl methyl sites for hydroxylation is 1. The van der Waals surface area contributed by atoms with Gasteiger partial charge in [-0.1, -0.05) is 28.9 Å². The molecule has 2 heterocycles. The van der Waals surface area contributed by atoms with Crippen molar-refractivity contribution in [2.45, 2.75) is 13.5 Å². The lowest BCUT2D eigenvalue weighted by Crippen LogP contribution is -1.96. The van der Waals surface area contributed by atoms with Gasteiger partial charge in [0.25, 0.3) is 0 Å². The highest BCUT2D eigenvalue weighted by Crippen LogP contribution is 2.25. The van der Waals surface area contributed by atoms with E-state index in [2.05, 4.69) is 9.72 Å². The fourth-order valence-corrected chi connectivity index (χ4v) is 2.30. The van der Waals surface area contributed by atoms with E-state index in [0.29, 0.717) is 6.54 Å². The zero-order valence-corrected chi connectivity index (χ0v) is 10.1. The van der Waals surface area contributed by atoms with Crippen LogP contribution < -0.4 is 0 Å². The molecule has 2 aromatic heterocycles. The lowest BCUT2D eigenvalue weighted by Gasteiger charge is -2.03. The molecule has 0 unspecified atom stereocenters. The van der Waals surface area contributed by atoms with Gasteiger partial charge in [-0.05, 0) is 19.1 Å². The van der Waals surface area contributed by atoms with Crippen molar-refractivity contribution in [3.63, 3.8) is 0 Å². The Hall–Kier alpha value is -1.74. The molecule has 3 nitrogen and oxygen atoms in total. The topological polar surface area (TPSA) is 31.0 Å². The summed E-state index contributed by atoms with van der Waals surface area (Å²) in [6.45, 7) is 2.56. The summed E-state index contributed by atoms with van der Waals surface area (Å²) in [5.74, 6) is 0.833. The molecule has 0 radical (unpaired) electrons. The van der Waals surface area contributed by atoms with Crippen molar-refractivity contribution in [2.75, 3.05) is 0 Å². The molecule has 1 aromatic carbocycles. The largest absolute Gasteiger partial charge is 0.359 e. The van der Waals surface area contributed by atoms with Crippen LogP contribution in [0.5, 0.6) is 0 Å². The van der Waals surface area contributed by atoms with Gasteiger partial charge in [0.05, 0.1) is 22.8 Å². The SMILES string of the molecule is Cc1cc(Cn2ccc3cccc(Cl)c32)on1. The maximum Gasteiger partial charge on any atom is 0.156 e. The van der Waals surface area contributed by atoms with E-state index >= 15 is 0 Å². The molecule has 0 aliphatic carbocycles. The quantitative estimate of drug-likeness (QED) is 0.691. The molecule has 0 saturated heterocycles. The molecular weight excluding hydrogens is 236 g/mol. The van der Waals surface area contributed by atoms with E-state index in [4.69, 9.17) is 16.1 Å². The van der Waals surface area contributed by atoms with E-state index in [1.165, 1.54) is 0 Å². The Morgan fingerprint density at radius 2 is 2.24 bits per heavy atom. The maximum atomic E-state index is 6.21. The predicted molar refractivity (Wildman–Crippen MR) is 67.3 cm³/mol. The Bertz CT molecular complexity index is 669. The third-order valence-corrected chi connectivity index (χ3v) is 3.05. The van der Waals surface area contributed by atoms with Crippen molar-refractivity contribution in [1.29, 1.82) is 0 Å². The first-order valence-electron chi connectivity index (χ1n) is 5.39. The lowest BCUT2D eigenvalue weighted by atomic mass is 10.2. The van der Waals surface area contributed by atoms with Crippen LogP contribution in [-0.4, -0.2) is 9.72 Å². The lowest BCUT2D eigenvalue weighted by molar-refractivity contribution is 0.374. The van der Waals surface area contributed by atoms with Crippen LogP contribution >= 0.6 is 11.6 Å². The Kier molecular flexibility index (Phi) is 2.41. The molecule has 0 aliphatic rings. The van der Waals surface area contributed by atoms with Crippen LogP contribution in [0.2, 0.25) is 5.02 Å². The van der Waals surface area contributed by atoms with E-state index < -0.39 is 0 Å². The zero-order valence-electron chi connectivity index (χ0n) is 9.35. The predicted octanol–water partition coefficient (Wildman–Crippen LogP) is 3.64. The standard InChI is InChI=1S/C13H11ClN2O/c1-9-7-11(17-15-9)8-16-6-5-10-3-2-4-12(14)13(10)16/h2-7H,8H2,1H3. The van der Waals surface area contributed by atoms with Crippen molar-refractivity contribution in [3.8, 4) is 0 Å². The molecule has 3 rings (SSSR count). The van der Waals surface area contributed by atoms with Crippen LogP contribution in [0, 0.1) is 6.92 Å². The monoisotopic (exact) mass is 246 g/mol. The van der Waals surface area contributed by atoms with Crippen molar-refractivity contribution in [1.82, 2.24) is 9.72 Å². The molecule has 0 bridgehead atoms. The second-order valence-electron chi connectivity index (χ2n) is 4.06. The Morgan fingerprint density at radius 3 is 3.00 bits per heavy atom. The summed E-state index contributed by atoms with van der Waals surface area (Å²) in [6, 6.07) is 9.87. The number of hydrogen-bond donors (Lipinski definition) is 0. The van der Waals surface area contributed by atoms with Gasteiger partial charge in [-0.25, -0.2) is 0 Å². The molecule has 0 atom stereocenters. The Morgan fingerprint density at radius 1 is 1.35 bits per heavy atom. The average molecular weight is 247 g/mol. The molecule has 86 valence electrons. The summed E-state index contributed by atoms with van der Waals surface area (Å²) >= 11 is 6.21. The molecular formula is C13H11ClN2O. The summed E-state index contributed by atoms with van der Waals surface area (Å²) in [5, 5.41) is 5.76. The van der Waals surface area contributed by atoms with Gasteiger partial charge in [0.2, 0.25) is 0 Å². The van der Waals surface area contributed by atoms with Gasteiger partial charge in [0.15, 0.2) is 5.76 Å². The molecule has 0 N–H and O–H groups in total. The van der Waals surface area contributed by atoms with Crippen LogP contribution in [0.4, 0.5) is 0 Å². The van der Waals surface area contributed by atoms with E-state index in [-0.39, 0.29) is 0 Å². The third kappa shape index (κ3) is 1.83. The van der Waals surface area contributed by atoms with Crippen molar-refractivity contribution in [2.24, 2.45) is 0 Å². The molecule has 4 heteroatoms. The highest BCUT2D eigenvalue weighted by molar-refractivity contribution is 6.35. The molecule has 0 fully saturated rings. The van der Waals surface area contributed by atoms with Gasteiger partial charge < -0.3 is 9.09 Å². The van der Waals surface area contributed by atoms with Crippen LogP contribution in [0.15, 0.2) is 41.1 Å². The minimum atomic E-state index is 0.647. The van der Waals surface area contributed by atoms with Crippen molar-refractivity contribution < 1.29 is 4.52 Å². The highest BCUT2D eigenvalue weighted by atomic mass is 35.5. The van der Waals surface area contributed by atoms with Crippen LogP contribution in [0.25, 0.3) is 10.9 Å². The summed E-state index contributed by atoms with van der Waals surface area (Å²) in [6.07, 6.45) is 2.01. The zero-order chi connectivity index (χ0) is 11.8. The first-order chi connectivity index (χ1) is 8.24. The van der Waals surface area contributed by atoms with E-state index in [1.54, 1.807) is 0 Å². The smallest absolute Gasteiger partial charge is 0.156 e. The number of fused-ring (bicyclic) bond motifs is 1. The number of benzene rings is 1. The molecule has 0 amide bonds. The number of aromatic nitrogens is 2. The van der Waals surface area contributed by atoms with E-state index in [0.717, 1.165) is 27.4 Å².